The highest BCUT2D eigenvalue weighted by Gasteiger charge is 2.56. The third kappa shape index (κ3) is 2.72. The molecule has 128 valence electrons. The summed E-state index contributed by atoms with van der Waals surface area (Å²) in [5, 5.41) is 0.219. The first kappa shape index (κ1) is 17.3. The average Bonchev–Trinajstić information content (AvgIpc) is 2.81. The Bertz CT molecular complexity index is 704. The van der Waals surface area contributed by atoms with Crippen molar-refractivity contribution < 1.29 is 14.3 Å². The van der Waals surface area contributed by atoms with Crippen LogP contribution in [0, 0.1) is 29.6 Å². The van der Waals surface area contributed by atoms with Crippen molar-refractivity contribution in [3.8, 4) is 23.7 Å². The van der Waals surface area contributed by atoms with Crippen LogP contribution in [0.15, 0.2) is 0 Å². The Kier molecular flexibility index (Phi) is 4.18. The standard InChI is InChI=1S/C18H23NO3SSi/c1-18(2,3)24(4,5)19-13-9-7-11-15-14(21-17(23)22-15)10-6-8-12(13)16(19)20/h12-15H,8-9H2,1-5H3/t12-,13-,14+,15-/m0/s1. The van der Waals surface area contributed by atoms with Gasteiger partial charge in [0.05, 0.1) is 5.92 Å². The number of carbonyl (C=O) groups excluding carboxylic acids is 1. The Hall–Kier alpha value is -1.50. The number of ether oxygens (including phenoxy) is 2. The Labute approximate surface area is 150 Å². The first-order valence-electron chi connectivity index (χ1n) is 8.30. The van der Waals surface area contributed by atoms with Crippen LogP contribution < -0.4 is 0 Å². The minimum absolute atomic E-state index is 0.0493. The van der Waals surface area contributed by atoms with Gasteiger partial charge in [0.1, 0.15) is 0 Å². The molecule has 0 spiro atoms. The monoisotopic (exact) mass is 361 g/mol. The maximum absolute atomic E-state index is 12.8. The molecule has 0 radical (unpaired) electrons. The number of thiocarbonyl (C=S) groups is 1. The second-order valence-corrected chi connectivity index (χ2v) is 13.5. The molecular weight excluding hydrogens is 338 g/mol. The molecule has 0 N–H and O–H groups in total. The maximum atomic E-state index is 12.8. The normalized spacial score (nSPS) is 32.0. The van der Waals surface area contributed by atoms with E-state index in [0.29, 0.717) is 12.8 Å². The van der Waals surface area contributed by atoms with Gasteiger partial charge in [0, 0.05) is 31.1 Å². The van der Waals surface area contributed by atoms with E-state index in [4.69, 9.17) is 21.7 Å². The molecule has 2 aliphatic heterocycles. The van der Waals surface area contributed by atoms with Crippen LogP contribution >= 0.6 is 12.2 Å². The van der Waals surface area contributed by atoms with Gasteiger partial charge in [-0.3, -0.25) is 4.79 Å². The number of amides is 1. The highest BCUT2D eigenvalue weighted by atomic mass is 32.1. The minimum Gasteiger partial charge on any atom is -0.435 e. The molecule has 1 amide bonds. The molecule has 4 nitrogen and oxygen atoms in total. The summed E-state index contributed by atoms with van der Waals surface area (Å²) in [6, 6.07) is 0.158. The predicted octanol–water partition coefficient (Wildman–Crippen LogP) is 2.69. The zero-order chi connectivity index (χ0) is 17.7. The van der Waals surface area contributed by atoms with Gasteiger partial charge < -0.3 is 14.0 Å². The van der Waals surface area contributed by atoms with Crippen molar-refractivity contribution in [3.05, 3.63) is 0 Å². The lowest BCUT2D eigenvalue weighted by atomic mass is 9.85. The lowest BCUT2D eigenvalue weighted by molar-refractivity contribution is -0.147. The summed E-state index contributed by atoms with van der Waals surface area (Å²) in [6.07, 6.45) is 0.353. The van der Waals surface area contributed by atoms with Crippen LogP contribution in [0.5, 0.6) is 0 Å². The number of fused-ring (bicyclic) bond motifs is 2. The molecule has 4 atom stereocenters. The molecule has 3 aliphatic rings. The van der Waals surface area contributed by atoms with E-state index in [2.05, 4.69) is 62.1 Å². The van der Waals surface area contributed by atoms with Gasteiger partial charge in [0.25, 0.3) is 0 Å². The van der Waals surface area contributed by atoms with Gasteiger partial charge in [-0.2, -0.15) is 0 Å². The van der Waals surface area contributed by atoms with E-state index in [-0.39, 0.29) is 28.1 Å². The van der Waals surface area contributed by atoms with Gasteiger partial charge in [-0.1, -0.05) is 57.5 Å². The summed E-state index contributed by atoms with van der Waals surface area (Å²) < 4.78 is 12.9. The minimum atomic E-state index is -1.91. The first-order valence-corrected chi connectivity index (χ1v) is 11.7. The van der Waals surface area contributed by atoms with Crippen LogP contribution in [0.25, 0.3) is 0 Å². The van der Waals surface area contributed by atoms with Gasteiger partial charge >= 0.3 is 5.24 Å². The number of hydrogen-bond acceptors (Lipinski definition) is 4. The number of hydrogen-bond donors (Lipinski definition) is 0. The molecule has 0 aromatic heterocycles. The van der Waals surface area contributed by atoms with Crippen molar-refractivity contribution in [2.24, 2.45) is 5.92 Å². The highest BCUT2D eigenvalue weighted by Crippen LogP contribution is 2.46. The van der Waals surface area contributed by atoms with E-state index in [1.807, 2.05) is 0 Å². The van der Waals surface area contributed by atoms with Crippen LogP contribution in [-0.2, 0) is 14.3 Å². The Morgan fingerprint density at radius 2 is 1.67 bits per heavy atom. The van der Waals surface area contributed by atoms with Crippen molar-refractivity contribution in [2.75, 3.05) is 0 Å². The smallest absolute Gasteiger partial charge is 0.355 e. The quantitative estimate of drug-likeness (QED) is 0.312. The summed E-state index contributed by atoms with van der Waals surface area (Å²) in [5.41, 5.74) is 0. The molecule has 2 saturated heterocycles. The molecule has 0 saturated carbocycles. The summed E-state index contributed by atoms with van der Waals surface area (Å²) in [4.78, 5) is 12.8. The van der Waals surface area contributed by atoms with Crippen LogP contribution in [0.1, 0.15) is 33.6 Å². The second-order valence-electron chi connectivity index (χ2n) is 8.07. The van der Waals surface area contributed by atoms with E-state index < -0.39 is 20.4 Å². The Morgan fingerprint density at radius 3 is 2.21 bits per heavy atom. The fourth-order valence-electron chi connectivity index (χ4n) is 3.22. The topological polar surface area (TPSA) is 38.8 Å². The van der Waals surface area contributed by atoms with Crippen molar-refractivity contribution in [1.82, 2.24) is 4.57 Å². The summed E-state index contributed by atoms with van der Waals surface area (Å²) in [7, 11) is -1.91. The average molecular weight is 362 g/mol. The number of nitrogens with zero attached hydrogens (tertiary/aromatic N) is 1. The largest absolute Gasteiger partial charge is 0.435 e. The van der Waals surface area contributed by atoms with E-state index >= 15 is 0 Å². The third-order valence-corrected chi connectivity index (χ3v) is 11.3. The second kappa shape index (κ2) is 5.79. The molecule has 3 rings (SSSR count). The molecule has 0 aromatic carbocycles. The Morgan fingerprint density at radius 1 is 1.12 bits per heavy atom. The van der Waals surface area contributed by atoms with Crippen molar-refractivity contribution in [1.29, 1.82) is 0 Å². The number of β-lactam (4-membered cyclic amide) rings is 1. The number of rotatable bonds is 1. The van der Waals surface area contributed by atoms with E-state index in [1.54, 1.807) is 0 Å². The SMILES string of the molecule is CC(C)(C)[Si](C)(C)N1C(=O)[C@H]2CC#C[C@H]3OC(=S)O[C@H]3C#CC[C@@H]21. The fourth-order valence-corrected chi connectivity index (χ4v) is 5.96. The van der Waals surface area contributed by atoms with Gasteiger partial charge in [0.15, 0.2) is 8.24 Å². The van der Waals surface area contributed by atoms with Crippen molar-refractivity contribution >= 4 is 31.6 Å². The lowest BCUT2D eigenvalue weighted by Gasteiger charge is -2.58. The molecule has 0 aromatic rings. The van der Waals surface area contributed by atoms with E-state index in [1.165, 1.54) is 0 Å². The van der Waals surface area contributed by atoms with Crippen molar-refractivity contribution in [2.45, 2.75) is 70.0 Å². The molecule has 2 fully saturated rings. The number of carbonyl (C=O) groups is 1. The van der Waals surface area contributed by atoms with E-state index in [0.717, 1.165) is 0 Å². The summed E-state index contributed by atoms with van der Waals surface area (Å²) >= 11 is 4.94. The van der Waals surface area contributed by atoms with Crippen LogP contribution in [0.3, 0.4) is 0 Å². The molecule has 0 bridgehead atoms. The highest BCUT2D eigenvalue weighted by molar-refractivity contribution is 7.79. The molecule has 0 unspecified atom stereocenters. The summed E-state index contributed by atoms with van der Waals surface area (Å²) in [6.45, 7) is 11.2. The van der Waals surface area contributed by atoms with E-state index in [9.17, 15) is 4.79 Å². The fraction of sp³-hybridized carbons (Fsp3) is 0.667. The zero-order valence-corrected chi connectivity index (χ0v) is 16.6. The molecular formula is C18H23NO3SSi. The summed E-state index contributed by atoms with van der Waals surface area (Å²) in [5.74, 6) is 12.6. The molecule has 6 heteroatoms. The van der Waals surface area contributed by atoms with Crippen molar-refractivity contribution in [3.63, 3.8) is 0 Å². The van der Waals surface area contributed by atoms with Crippen LogP contribution in [0.4, 0.5) is 0 Å². The van der Waals surface area contributed by atoms with Crippen LogP contribution in [0.2, 0.25) is 18.1 Å². The van der Waals surface area contributed by atoms with Crippen LogP contribution in [-0.4, -0.2) is 42.2 Å². The predicted molar refractivity (Wildman–Crippen MR) is 98.5 cm³/mol. The van der Waals surface area contributed by atoms with Gasteiger partial charge in [0.2, 0.25) is 18.1 Å². The maximum Gasteiger partial charge on any atom is 0.355 e. The van der Waals surface area contributed by atoms with Gasteiger partial charge in [-0.05, 0) is 5.04 Å². The molecule has 2 heterocycles. The van der Waals surface area contributed by atoms with Gasteiger partial charge in [-0.15, -0.1) is 0 Å². The molecule has 1 aliphatic carbocycles. The lowest BCUT2D eigenvalue weighted by Crippen LogP contribution is -2.72. The Balaban J connectivity index is 1.86. The zero-order valence-electron chi connectivity index (χ0n) is 14.8. The molecule has 24 heavy (non-hydrogen) atoms. The van der Waals surface area contributed by atoms with Gasteiger partial charge in [-0.25, -0.2) is 0 Å². The third-order valence-electron chi connectivity index (χ3n) is 5.63. The first-order chi connectivity index (χ1) is 11.1.